The average molecular weight is 198 g/mol. The molecule has 1 aromatic heterocycles. The van der Waals surface area contributed by atoms with Crippen LogP contribution in [0.3, 0.4) is 0 Å². The summed E-state index contributed by atoms with van der Waals surface area (Å²) in [7, 11) is 1.99. The molecule has 0 aliphatic carbocycles. The van der Waals surface area contributed by atoms with Crippen LogP contribution in [0.4, 0.5) is 0 Å². The van der Waals surface area contributed by atoms with Crippen molar-refractivity contribution in [3.05, 3.63) is 16.1 Å². The molecule has 1 N–H and O–H groups in total. The Kier molecular flexibility index (Phi) is 3.88. The average Bonchev–Trinajstić information content (AvgIpc) is 2.56. The molecule has 0 aliphatic rings. The van der Waals surface area contributed by atoms with Gasteiger partial charge in [-0.2, -0.15) is 0 Å². The molecule has 0 saturated heterocycles. The van der Waals surface area contributed by atoms with E-state index in [9.17, 15) is 0 Å². The van der Waals surface area contributed by atoms with Gasteiger partial charge in [0.2, 0.25) is 0 Å². The molecular formula is C10H18N2S. The summed E-state index contributed by atoms with van der Waals surface area (Å²) in [6, 6.07) is 0.428. The summed E-state index contributed by atoms with van der Waals surface area (Å²) in [6.07, 6.45) is 1.10. The van der Waals surface area contributed by atoms with E-state index in [4.69, 9.17) is 0 Å². The highest BCUT2D eigenvalue weighted by Gasteiger charge is 2.12. The first-order chi connectivity index (χ1) is 6.19. The Morgan fingerprint density at radius 3 is 2.62 bits per heavy atom. The predicted molar refractivity (Wildman–Crippen MR) is 58.3 cm³/mol. The lowest BCUT2D eigenvalue weighted by atomic mass is 10.1. The third-order valence-electron chi connectivity index (χ3n) is 2.19. The number of hydrogen-bond acceptors (Lipinski definition) is 3. The van der Waals surface area contributed by atoms with Gasteiger partial charge in [0.1, 0.15) is 5.01 Å². The second kappa shape index (κ2) is 4.72. The first-order valence-electron chi connectivity index (χ1n) is 4.81. The third-order valence-corrected chi connectivity index (χ3v) is 3.16. The van der Waals surface area contributed by atoms with Gasteiger partial charge in [0.25, 0.3) is 0 Å². The topological polar surface area (TPSA) is 24.9 Å². The van der Waals surface area contributed by atoms with E-state index in [-0.39, 0.29) is 0 Å². The molecule has 2 nitrogen and oxygen atoms in total. The minimum Gasteiger partial charge on any atom is -0.311 e. The van der Waals surface area contributed by atoms with Gasteiger partial charge < -0.3 is 5.32 Å². The van der Waals surface area contributed by atoms with E-state index >= 15 is 0 Å². The second-order valence-corrected chi connectivity index (χ2v) is 4.40. The molecule has 3 heteroatoms. The summed E-state index contributed by atoms with van der Waals surface area (Å²) in [5.74, 6) is 0.541. The Labute approximate surface area is 84.4 Å². The van der Waals surface area contributed by atoms with Gasteiger partial charge in [-0.05, 0) is 19.4 Å². The SMILES string of the molecule is CCC(NC)c1nc(C(C)C)cs1. The number of thiazole rings is 1. The van der Waals surface area contributed by atoms with E-state index in [0.29, 0.717) is 12.0 Å². The van der Waals surface area contributed by atoms with Crippen molar-refractivity contribution in [2.24, 2.45) is 0 Å². The molecule has 0 aromatic carbocycles. The zero-order valence-corrected chi connectivity index (χ0v) is 9.61. The Morgan fingerprint density at radius 2 is 2.23 bits per heavy atom. The van der Waals surface area contributed by atoms with E-state index < -0.39 is 0 Å². The first kappa shape index (κ1) is 10.7. The molecule has 0 fully saturated rings. The van der Waals surface area contributed by atoms with Crippen molar-refractivity contribution in [2.75, 3.05) is 7.05 Å². The Bertz CT molecular complexity index is 251. The van der Waals surface area contributed by atoms with Crippen LogP contribution >= 0.6 is 11.3 Å². The number of rotatable bonds is 4. The highest BCUT2D eigenvalue weighted by atomic mass is 32.1. The first-order valence-corrected chi connectivity index (χ1v) is 5.69. The molecule has 13 heavy (non-hydrogen) atoms. The van der Waals surface area contributed by atoms with E-state index in [1.165, 1.54) is 10.7 Å². The maximum absolute atomic E-state index is 4.61. The highest BCUT2D eigenvalue weighted by molar-refractivity contribution is 7.09. The Balaban J connectivity index is 2.78. The Hall–Kier alpha value is -0.410. The van der Waals surface area contributed by atoms with Gasteiger partial charge in [-0.1, -0.05) is 20.8 Å². The lowest BCUT2D eigenvalue weighted by Crippen LogP contribution is -2.14. The van der Waals surface area contributed by atoms with Crippen LogP contribution < -0.4 is 5.32 Å². The zero-order chi connectivity index (χ0) is 9.84. The molecule has 0 aliphatic heterocycles. The summed E-state index contributed by atoms with van der Waals surface area (Å²) in [5, 5.41) is 6.65. The zero-order valence-electron chi connectivity index (χ0n) is 8.79. The van der Waals surface area contributed by atoms with E-state index in [1.807, 2.05) is 7.05 Å². The van der Waals surface area contributed by atoms with Crippen molar-refractivity contribution in [1.82, 2.24) is 10.3 Å². The van der Waals surface area contributed by atoms with Gasteiger partial charge in [0, 0.05) is 5.38 Å². The fraction of sp³-hybridized carbons (Fsp3) is 0.700. The largest absolute Gasteiger partial charge is 0.311 e. The van der Waals surface area contributed by atoms with Crippen LogP contribution in [-0.4, -0.2) is 12.0 Å². The van der Waals surface area contributed by atoms with Crippen molar-refractivity contribution in [1.29, 1.82) is 0 Å². The van der Waals surface area contributed by atoms with Crippen molar-refractivity contribution in [3.8, 4) is 0 Å². The molecule has 0 bridgehead atoms. The van der Waals surface area contributed by atoms with Crippen molar-refractivity contribution < 1.29 is 0 Å². The third kappa shape index (κ3) is 2.51. The van der Waals surface area contributed by atoms with Crippen LogP contribution in [0.15, 0.2) is 5.38 Å². The summed E-state index contributed by atoms with van der Waals surface area (Å²) in [4.78, 5) is 4.61. The minimum absolute atomic E-state index is 0.428. The van der Waals surface area contributed by atoms with Crippen LogP contribution in [0.1, 0.15) is 49.9 Å². The van der Waals surface area contributed by atoms with Crippen molar-refractivity contribution >= 4 is 11.3 Å². The second-order valence-electron chi connectivity index (χ2n) is 3.51. The lowest BCUT2D eigenvalue weighted by molar-refractivity contribution is 0.570. The molecule has 0 spiro atoms. The van der Waals surface area contributed by atoms with Crippen LogP contribution in [-0.2, 0) is 0 Å². The van der Waals surface area contributed by atoms with Gasteiger partial charge >= 0.3 is 0 Å². The van der Waals surface area contributed by atoms with Crippen molar-refractivity contribution in [2.45, 2.75) is 39.2 Å². The molecule has 0 saturated carbocycles. The smallest absolute Gasteiger partial charge is 0.110 e. The summed E-state index contributed by atoms with van der Waals surface area (Å²) < 4.78 is 0. The van der Waals surface area contributed by atoms with Gasteiger partial charge in [0.15, 0.2) is 0 Å². The summed E-state index contributed by atoms with van der Waals surface area (Å²) in [6.45, 7) is 6.54. The maximum Gasteiger partial charge on any atom is 0.110 e. The number of nitrogens with zero attached hydrogens (tertiary/aromatic N) is 1. The van der Waals surface area contributed by atoms with Crippen LogP contribution in [0.5, 0.6) is 0 Å². The van der Waals surface area contributed by atoms with Gasteiger partial charge in [-0.15, -0.1) is 11.3 Å². The molecular weight excluding hydrogens is 180 g/mol. The van der Waals surface area contributed by atoms with Gasteiger partial charge in [-0.25, -0.2) is 4.98 Å². The minimum atomic E-state index is 0.428. The molecule has 1 rings (SSSR count). The predicted octanol–water partition coefficient (Wildman–Crippen LogP) is 2.94. The number of nitrogens with one attached hydrogen (secondary N) is 1. The Morgan fingerprint density at radius 1 is 1.54 bits per heavy atom. The van der Waals surface area contributed by atoms with Gasteiger partial charge in [-0.3, -0.25) is 0 Å². The molecule has 74 valence electrons. The quantitative estimate of drug-likeness (QED) is 0.804. The van der Waals surface area contributed by atoms with E-state index in [1.54, 1.807) is 11.3 Å². The molecule has 1 atom stereocenters. The fourth-order valence-corrected chi connectivity index (χ4v) is 2.40. The summed E-state index contributed by atoms with van der Waals surface area (Å²) >= 11 is 1.76. The molecule has 1 aromatic rings. The van der Waals surface area contributed by atoms with Crippen molar-refractivity contribution in [3.63, 3.8) is 0 Å². The van der Waals surface area contributed by atoms with Crippen LogP contribution in [0, 0.1) is 0 Å². The maximum atomic E-state index is 4.61. The van der Waals surface area contributed by atoms with Crippen LogP contribution in [0.2, 0.25) is 0 Å². The fourth-order valence-electron chi connectivity index (χ4n) is 1.23. The lowest BCUT2D eigenvalue weighted by Gasteiger charge is -2.09. The normalized spacial score (nSPS) is 13.6. The monoisotopic (exact) mass is 198 g/mol. The molecule has 1 unspecified atom stereocenters. The standard InChI is InChI=1S/C10H18N2S/c1-5-8(11-4)10-12-9(6-13-10)7(2)3/h6-8,11H,5H2,1-4H3. The van der Waals surface area contributed by atoms with Gasteiger partial charge in [0.05, 0.1) is 11.7 Å². The van der Waals surface area contributed by atoms with E-state index in [0.717, 1.165) is 6.42 Å². The highest BCUT2D eigenvalue weighted by Crippen LogP contribution is 2.24. The summed E-state index contributed by atoms with van der Waals surface area (Å²) in [5.41, 5.74) is 1.22. The molecule has 0 amide bonds. The molecule has 0 radical (unpaired) electrons. The van der Waals surface area contributed by atoms with E-state index in [2.05, 4.69) is 36.5 Å². The number of aromatic nitrogens is 1. The van der Waals surface area contributed by atoms with Crippen LogP contribution in [0.25, 0.3) is 0 Å². The molecule has 1 heterocycles. The number of hydrogen-bond donors (Lipinski definition) is 1.